The highest BCUT2D eigenvalue weighted by molar-refractivity contribution is 5.41. The van der Waals surface area contributed by atoms with Gasteiger partial charge in [-0.3, -0.25) is 0 Å². The van der Waals surface area contributed by atoms with Gasteiger partial charge in [-0.05, 0) is 48.6 Å². The molecule has 0 radical (unpaired) electrons. The van der Waals surface area contributed by atoms with Crippen LogP contribution in [-0.2, 0) is 12.8 Å². The maximum absolute atomic E-state index is 2.57. The number of fused-ring (bicyclic) bond motifs is 1. The zero-order chi connectivity index (χ0) is 17.8. The van der Waals surface area contributed by atoms with Crippen molar-refractivity contribution in [1.82, 2.24) is 4.90 Å². The van der Waals surface area contributed by atoms with Crippen molar-refractivity contribution in [2.24, 2.45) is 0 Å². The molecule has 3 aromatic carbocycles. The van der Waals surface area contributed by atoms with Gasteiger partial charge in [-0.2, -0.15) is 0 Å². The molecule has 26 heavy (non-hydrogen) atoms. The Morgan fingerprint density at radius 2 is 1.46 bits per heavy atom. The molecule has 1 aliphatic carbocycles. The maximum atomic E-state index is 2.57. The van der Waals surface area contributed by atoms with E-state index >= 15 is 0 Å². The molecule has 0 fully saturated rings. The van der Waals surface area contributed by atoms with Gasteiger partial charge in [-0.25, -0.2) is 0 Å². The highest BCUT2D eigenvalue weighted by atomic mass is 15.1. The monoisotopic (exact) mass is 341 g/mol. The van der Waals surface area contributed by atoms with Crippen LogP contribution in [0.2, 0.25) is 0 Å². The molecule has 132 valence electrons. The smallest absolute Gasteiger partial charge is 0.0142 e. The molecule has 0 N–H and O–H groups in total. The molecule has 1 nitrogen and oxygen atoms in total. The van der Waals surface area contributed by atoms with Crippen LogP contribution < -0.4 is 0 Å². The fraction of sp³-hybridized carbons (Fsp3) is 0.280. The molecule has 0 amide bonds. The molecule has 0 aliphatic heterocycles. The lowest BCUT2D eigenvalue weighted by Gasteiger charge is -2.37. The van der Waals surface area contributed by atoms with Crippen molar-refractivity contribution < 1.29 is 0 Å². The zero-order valence-electron chi connectivity index (χ0n) is 15.5. The molecule has 4 rings (SSSR count). The fourth-order valence-corrected chi connectivity index (χ4v) is 4.27. The van der Waals surface area contributed by atoms with Crippen molar-refractivity contribution in [2.45, 2.75) is 31.2 Å². The van der Waals surface area contributed by atoms with Crippen LogP contribution in [0.5, 0.6) is 0 Å². The molecular formula is C25H27N. The second-order valence-electron chi connectivity index (χ2n) is 7.47. The third-order valence-corrected chi connectivity index (χ3v) is 5.82. The van der Waals surface area contributed by atoms with E-state index in [1.807, 2.05) is 0 Å². The zero-order valence-corrected chi connectivity index (χ0v) is 15.5. The molecule has 0 aromatic heterocycles. The Bertz CT molecular complexity index is 825. The number of nitrogens with zero attached hydrogens (tertiary/aromatic N) is 1. The Morgan fingerprint density at radius 3 is 2.23 bits per heavy atom. The number of likely N-dealkylation sites (N-methyl/N-ethyl adjacent to an activating group) is 1. The van der Waals surface area contributed by atoms with Crippen LogP contribution in [0.25, 0.3) is 0 Å². The molecule has 0 saturated carbocycles. The van der Waals surface area contributed by atoms with Gasteiger partial charge in [0.15, 0.2) is 0 Å². The van der Waals surface area contributed by atoms with Gasteiger partial charge in [0.05, 0.1) is 0 Å². The molecule has 2 atom stereocenters. The van der Waals surface area contributed by atoms with Gasteiger partial charge in [0.2, 0.25) is 0 Å². The lowest BCUT2D eigenvalue weighted by Crippen LogP contribution is -2.39. The second-order valence-corrected chi connectivity index (χ2v) is 7.47. The van der Waals surface area contributed by atoms with E-state index in [1.165, 1.54) is 28.7 Å². The van der Waals surface area contributed by atoms with E-state index in [2.05, 4.69) is 96.9 Å². The average molecular weight is 341 g/mol. The molecule has 0 spiro atoms. The lowest BCUT2D eigenvalue weighted by atomic mass is 9.76. The molecule has 3 aromatic rings. The Kier molecular flexibility index (Phi) is 5.17. The third-order valence-electron chi connectivity index (χ3n) is 5.82. The largest absolute Gasteiger partial charge is 0.303 e. The van der Waals surface area contributed by atoms with Gasteiger partial charge in [-0.15, -0.1) is 0 Å². The minimum atomic E-state index is 0.505. The van der Waals surface area contributed by atoms with E-state index in [1.54, 1.807) is 0 Å². The van der Waals surface area contributed by atoms with Crippen molar-refractivity contribution in [1.29, 1.82) is 0 Å². The Morgan fingerprint density at radius 1 is 0.808 bits per heavy atom. The average Bonchev–Trinajstić information content (AvgIpc) is 2.72. The Balaban J connectivity index is 1.53. The van der Waals surface area contributed by atoms with Gasteiger partial charge in [0.25, 0.3) is 0 Å². The summed E-state index contributed by atoms with van der Waals surface area (Å²) in [4.78, 5) is 2.57. The predicted molar refractivity (Wildman–Crippen MR) is 110 cm³/mol. The van der Waals surface area contributed by atoms with Crippen LogP contribution in [0.1, 0.15) is 34.6 Å². The minimum Gasteiger partial charge on any atom is -0.303 e. The standard InChI is InChI=1S/C25H27N/c1-26(17-16-20-10-4-2-5-11-20)23-18-22-14-8-9-15-24(22)25(19-23)21-12-6-3-7-13-21/h2-15,23,25H,16-19H2,1H3/t23-,25-/m1/s1. The number of benzene rings is 3. The highest BCUT2D eigenvalue weighted by Crippen LogP contribution is 2.38. The van der Waals surface area contributed by atoms with Crippen LogP contribution in [0.3, 0.4) is 0 Å². The SMILES string of the molecule is CN(CCc1ccccc1)[C@@H]1Cc2ccccc2[C@@H](c2ccccc2)C1. The van der Waals surface area contributed by atoms with E-state index in [4.69, 9.17) is 0 Å². The van der Waals surface area contributed by atoms with Gasteiger partial charge in [0.1, 0.15) is 0 Å². The second kappa shape index (κ2) is 7.88. The van der Waals surface area contributed by atoms with Gasteiger partial charge in [0, 0.05) is 18.5 Å². The van der Waals surface area contributed by atoms with E-state index in [9.17, 15) is 0 Å². The van der Waals surface area contributed by atoms with Crippen molar-refractivity contribution in [2.75, 3.05) is 13.6 Å². The summed E-state index contributed by atoms with van der Waals surface area (Å²) >= 11 is 0. The molecule has 0 unspecified atom stereocenters. The summed E-state index contributed by atoms with van der Waals surface area (Å²) in [6.45, 7) is 1.11. The van der Waals surface area contributed by atoms with E-state index < -0.39 is 0 Å². The van der Waals surface area contributed by atoms with Crippen molar-refractivity contribution in [3.63, 3.8) is 0 Å². The summed E-state index contributed by atoms with van der Waals surface area (Å²) in [6.07, 6.45) is 3.47. The molecule has 0 bridgehead atoms. The first kappa shape index (κ1) is 17.1. The molecule has 0 heterocycles. The first-order chi connectivity index (χ1) is 12.8. The fourth-order valence-electron chi connectivity index (χ4n) is 4.27. The summed E-state index contributed by atoms with van der Waals surface area (Å²) in [5, 5.41) is 0. The maximum Gasteiger partial charge on any atom is 0.0142 e. The number of hydrogen-bond donors (Lipinski definition) is 0. The van der Waals surface area contributed by atoms with Crippen LogP contribution >= 0.6 is 0 Å². The van der Waals surface area contributed by atoms with Gasteiger partial charge < -0.3 is 4.90 Å². The quantitative estimate of drug-likeness (QED) is 0.608. The summed E-state index contributed by atoms with van der Waals surface area (Å²) in [7, 11) is 2.30. The van der Waals surface area contributed by atoms with Crippen LogP contribution in [0.15, 0.2) is 84.9 Å². The normalized spacial score (nSPS) is 19.3. The topological polar surface area (TPSA) is 3.24 Å². The van der Waals surface area contributed by atoms with Crippen molar-refractivity contribution in [3.8, 4) is 0 Å². The van der Waals surface area contributed by atoms with Gasteiger partial charge in [-0.1, -0.05) is 84.9 Å². The first-order valence-corrected chi connectivity index (χ1v) is 9.68. The van der Waals surface area contributed by atoms with Crippen LogP contribution in [0.4, 0.5) is 0 Å². The lowest BCUT2D eigenvalue weighted by molar-refractivity contribution is 0.217. The molecular weight excluding hydrogens is 314 g/mol. The number of hydrogen-bond acceptors (Lipinski definition) is 1. The highest BCUT2D eigenvalue weighted by Gasteiger charge is 2.29. The molecule has 1 aliphatic rings. The van der Waals surface area contributed by atoms with E-state index in [0.717, 1.165) is 19.4 Å². The van der Waals surface area contributed by atoms with Crippen molar-refractivity contribution in [3.05, 3.63) is 107 Å². The predicted octanol–water partition coefficient (Wildman–Crippen LogP) is 5.31. The molecule has 1 heteroatoms. The molecule has 0 saturated heterocycles. The van der Waals surface area contributed by atoms with Crippen LogP contribution in [-0.4, -0.2) is 24.5 Å². The Labute approximate surface area is 157 Å². The van der Waals surface area contributed by atoms with Crippen molar-refractivity contribution >= 4 is 0 Å². The minimum absolute atomic E-state index is 0.505. The van der Waals surface area contributed by atoms with Crippen LogP contribution in [0, 0.1) is 0 Å². The van der Waals surface area contributed by atoms with E-state index in [0.29, 0.717) is 12.0 Å². The third kappa shape index (κ3) is 3.73. The van der Waals surface area contributed by atoms with E-state index in [-0.39, 0.29) is 0 Å². The summed E-state index contributed by atoms with van der Waals surface area (Å²) in [5.41, 5.74) is 5.91. The summed E-state index contributed by atoms with van der Waals surface area (Å²) < 4.78 is 0. The Hall–Kier alpha value is -2.38. The first-order valence-electron chi connectivity index (χ1n) is 9.68. The number of rotatable bonds is 5. The van der Waals surface area contributed by atoms with Gasteiger partial charge >= 0.3 is 0 Å². The summed E-state index contributed by atoms with van der Waals surface area (Å²) in [6, 6.07) is 31.5. The summed E-state index contributed by atoms with van der Waals surface area (Å²) in [5.74, 6) is 0.505.